The smallest absolute Gasteiger partial charge is 0.136 e. The number of nitrogens with zero attached hydrogens (tertiary/aromatic N) is 4. The normalized spacial score (nSPS) is 11.0. The fraction of sp³-hybridized carbons (Fsp3) is 0.0556. The summed E-state index contributed by atoms with van der Waals surface area (Å²) in [6, 6.07) is 14.1. The van der Waals surface area contributed by atoms with Gasteiger partial charge >= 0.3 is 0 Å². The first kappa shape index (κ1) is 12.7. The summed E-state index contributed by atoms with van der Waals surface area (Å²) in [5.74, 6) is 0. The van der Waals surface area contributed by atoms with E-state index in [0.717, 1.165) is 33.9 Å². The second-order valence-electron chi connectivity index (χ2n) is 5.17. The third kappa shape index (κ3) is 2.15. The minimum Gasteiger partial charge on any atom is -0.306 e. The van der Waals surface area contributed by atoms with Crippen LogP contribution in [0.4, 0.5) is 0 Å². The van der Waals surface area contributed by atoms with Crippen molar-refractivity contribution in [2.45, 2.75) is 6.92 Å². The van der Waals surface area contributed by atoms with E-state index in [1.807, 2.05) is 47.9 Å². The first-order valence-electron chi connectivity index (χ1n) is 7.13. The Kier molecular flexibility index (Phi) is 2.93. The van der Waals surface area contributed by atoms with Crippen molar-refractivity contribution in [3.63, 3.8) is 0 Å². The Morgan fingerprint density at radius 3 is 2.77 bits per heavy atom. The van der Waals surface area contributed by atoms with Crippen molar-refractivity contribution in [3.8, 4) is 22.5 Å². The molecule has 4 nitrogen and oxygen atoms in total. The van der Waals surface area contributed by atoms with Crippen LogP contribution in [0.5, 0.6) is 0 Å². The lowest BCUT2D eigenvalue weighted by molar-refractivity contribution is 1.17. The maximum absolute atomic E-state index is 4.60. The van der Waals surface area contributed by atoms with Crippen LogP contribution < -0.4 is 0 Å². The SMILES string of the molecule is Cc1cccc(-c2ncccc2-c2ccc3nccn3c2)n1. The molecule has 4 aromatic heterocycles. The van der Waals surface area contributed by atoms with Crippen LogP contribution in [0.2, 0.25) is 0 Å². The monoisotopic (exact) mass is 286 g/mol. The Bertz CT molecular complexity index is 956. The molecule has 0 atom stereocenters. The van der Waals surface area contributed by atoms with Crippen LogP contribution in [0.3, 0.4) is 0 Å². The molecule has 22 heavy (non-hydrogen) atoms. The van der Waals surface area contributed by atoms with Crippen LogP contribution in [0.15, 0.2) is 67.3 Å². The van der Waals surface area contributed by atoms with Gasteiger partial charge in [-0.15, -0.1) is 0 Å². The lowest BCUT2D eigenvalue weighted by Crippen LogP contribution is -1.94. The molecule has 4 heterocycles. The minimum absolute atomic E-state index is 0.890. The van der Waals surface area contributed by atoms with Crippen molar-refractivity contribution in [2.24, 2.45) is 0 Å². The van der Waals surface area contributed by atoms with Crippen molar-refractivity contribution in [3.05, 3.63) is 72.9 Å². The van der Waals surface area contributed by atoms with Gasteiger partial charge < -0.3 is 4.40 Å². The van der Waals surface area contributed by atoms with E-state index in [1.54, 1.807) is 12.4 Å². The van der Waals surface area contributed by atoms with Crippen LogP contribution in [0.1, 0.15) is 5.69 Å². The Hall–Kier alpha value is -3.01. The fourth-order valence-corrected chi connectivity index (χ4v) is 2.60. The van der Waals surface area contributed by atoms with Gasteiger partial charge in [0.25, 0.3) is 0 Å². The molecule has 0 aliphatic rings. The van der Waals surface area contributed by atoms with Gasteiger partial charge in [-0.05, 0) is 37.3 Å². The number of aromatic nitrogens is 4. The van der Waals surface area contributed by atoms with Crippen molar-refractivity contribution >= 4 is 5.65 Å². The van der Waals surface area contributed by atoms with E-state index in [-0.39, 0.29) is 0 Å². The second-order valence-corrected chi connectivity index (χ2v) is 5.17. The molecule has 0 saturated heterocycles. The number of imidazole rings is 1. The highest BCUT2D eigenvalue weighted by Crippen LogP contribution is 2.29. The number of aryl methyl sites for hydroxylation is 1. The minimum atomic E-state index is 0.890. The van der Waals surface area contributed by atoms with E-state index in [2.05, 4.69) is 33.3 Å². The molecule has 0 bridgehead atoms. The average molecular weight is 286 g/mol. The molecule has 0 radical (unpaired) electrons. The maximum atomic E-state index is 4.60. The number of rotatable bonds is 2. The lowest BCUT2D eigenvalue weighted by Gasteiger charge is -2.09. The highest BCUT2D eigenvalue weighted by Gasteiger charge is 2.10. The number of pyridine rings is 3. The third-order valence-electron chi connectivity index (χ3n) is 3.64. The predicted molar refractivity (Wildman–Crippen MR) is 86.4 cm³/mol. The molecule has 0 saturated carbocycles. The summed E-state index contributed by atoms with van der Waals surface area (Å²) in [5.41, 5.74) is 5.86. The summed E-state index contributed by atoms with van der Waals surface area (Å²) in [6.07, 6.45) is 7.61. The Labute approximate surface area is 128 Å². The summed E-state index contributed by atoms with van der Waals surface area (Å²) in [5, 5.41) is 0. The molecule has 4 rings (SSSR count). The zero-order chi connectivity index (χ0) is 14.9. The molecular weight excluding hydrogens is 272 g/mol. The van der Waals surface area contributed by atoms with Crippen LogP contribution in [0.25, 0.3) is 28.2 Å². The standard InChI is InChI=1S/C18H14N4/c1-13-4-2-6-16(21-13)18-15(5-3-9-20-18)14-7-8-17-19-10-11-22(17)12-14/h2-12H,1H3. The van der Waals surface area contributed by atoms with Gasteiger partial charge in [-0.1, -0.05) is 12.1 Å². The van der Waals surface area contributed by atoms with Crippen molar-refractivity contribution in [1.82, 2.24) is 19.4 Å². The number of fused-ring (bicyclic) bond motifs is 1. The van der Waals surface area contributed by atoms with E-state index >= 15 is 0 Å². The van der Waals surface area contributed by atoms with Crippen LogP contribution in [-0.2, 0) is 0 Å². The van der Waals surface area contributed by atoms with E-state index in [4.69, 9.17) is 0 Å². The third-order valence-corrected chi connectivity index (χ3v) is 3.64. The van der Waals surface area contributed by atoms with Gasteiger partial charge in [0, 0.05) is 41.6 Å². The first-order valence-corrected chi connectivity index (χ1v) is 7.13. The Morgan fingerprint density at radius 2 is 1.86 bits per heavy atom. The largest absolute Gasteiger partial charge is 0.306 e. The van der Waals surface area contributed by atoms with Gasteiger partial charge in [0.1, 0.15) is 5.65 Å². The summed E-state index contributed by atoms with van der Waals surface area (Å²) < 4.78 is 2.01. The molecular formula is C18H14N4. The Morgan fingerprint density at radius 1 is 0.909 bits per heavy atom. The van der Waals surface area contributed by atoms with Crippen LogP contribution in [0, 0.1) is 6.92 Å². The molecule has 0 unspecified atom stereocenters. The van der Waals surface area contributed by atoms with Gasteiger partial charge in [-0.2, -0.15) is 0 Å². The van der Waals surface area contributed by atoms with E-state index in [1.165, 1.54) is 0 Å². The summed E-state index contributed by atoms with van der Waals surface area (Å²) >= 11 is 0. The van der Waals surface area contributed by atoms with Gasteiger partial charge in [0.2, 0.25) is 0 Å². The van der Waals surface area contributed by atoms with Gasteiger partial charge in [-0.3, -0.25) is 9.97 Å². The molecule has 0 fully saturated rings. The lowest BCUT2D eigenvalue weighted by atomic mass is 10.0. The van der Waals surface area contributed by atoms with Gasteiger partial charge in [0.05, 0.1) is 11.4 Å². The molecule has 4 heteroatoms. The van der Waals surface area contributed by atoms with Crippen molar-refractivity contribution in [2.75, 3.05) is 0 Å². The molecule has 0 N–H and O–H groups in total. The van der Waals surface area contributed by atoms with Crippen LogP contribution >= 0.6 is 0 Å². The molecule has 0 amide bonds. The fourth-order valence-electron chi connectivity index (χ4n) is 2.60. The summed E-state index contributed by atoms with van der Waals surface area (Å²) in [4.78, 5) is 13.4. The molecule has 0 aromatic carbocycles. The molecule has 0 aliphatic heterocycles. The first-order chi connectivity index (χ1) is 10.8. The Balaban J connectivity index is 1.92. The maximum Gasteiger partial charge on any atom is 0.136 e. The molecule has 0 aliphatic carbocycles. The molecule has 106 valence electrons. The van der Waals surface area contributed by atoms with Gasteiger partial charge in [-0.25, -0.2) is 4.98 Å². The highest BCUT2D eigenvalue weighted by atomic mass is 15.0. The topological polar surface area (TPSA) is 43.1 Å². The van der Waals surface area contributed by atoms with Crippen LogP contribution in [-0.4, -0.2) is 19.4 Å². The second kappa shape index (κ2) is 5.07. The van der Waals surface area contributed by atoms with Crippen molar-refractivity contribution in [1.29, 1.82) is 0 Å². The van der Waals surface area contributed by atoms with Gasteiger partial charge in [0.15, 0.2) is 0 Å². The zero-order valence-corrected chi connectivity index (χ0v) is 12.1. The summed E-state index contributed by atoms with van der Waals surface area (Å²) in [6.45, 7) is 1.99. The van der Waals surface area contributed by atoms with E-state index < -0.39 is 0 Å². The average Bonchev–Trinajstić information content (AvgIpc) is 3.02. The zero-order valence-electron chi connectivity index (χ0n) is 12.1. The van der Waals surface area contributed by atoms with E-state index in [9.17, 15) is 0 Å². The summed E-state index contributed by atoms with van der Waals surface area (Å²) in [7, 11) is 0. The van der Waals surface area contributed by atoms with Crippen molar-refractivity contribution < 1.29 is 0 Å². The highest BCUT2D eigenvalue weighted by molar-refractivity contribution is 5.79. The molecule has 4 aromatic rings. The number of hydrogen-bond donors (Lipinski definition) is 0. The quantitative estimate of drug-likeness (QED) is 0.563. The number of hydrogen-bond acceptors (Lipinski definition) is 3. The predicted octanol–water partition coefficient (Wildman–Crippen LogP) is 3.77. The van der Waals surface area contributed by atoms with E-state index in [0.29, 0.717) is 0 Å². The molecule has 0 spiro atoms.